The van der Waals surface area contributed by atoms with Crippen LogP contribution in [0, 0.1) is 0 Å². The van der Waals surface area contributed by atoms with Crippen LogP contribution in [0.1, 0.15) is 50.1 Å². The maximum absolute atomic E-state index is 12.2. The van der Waals surface area contributed by atoms with Gasteiger partial charge in [0.15, 0.2) is 0 Å². The van der Waals surface area contributed by atoms with E-state index in [1.807, 2.05) is 23.5 Å². The molecule has 2 fully saturated rings. The van der Waals surface area contributed by atoms with Crippen LogP contribution in [0.25, 0.3) is 0 Å². The molecule has 5 nitrogen and oxygen atoms in total. The molecule has 1 saturated carbocycles. The highest BCUT2D eigenvalue weighted by Crippen LogP contribution is 2.32. The second-order valence-electron chi connectivity index (χ2n) is 6.39. The minimum Gasteiger partial charge on any atom is -0.312 e. The summed E-state index contributed by atoms with van der Waals surface area (Å²) in [7, 11) is 1.91. The third-order valence-electron chi connectivity index (χ3n) is 4.62. The van der Waals surface area contributed by atoms with E-state index in [-0.39, 0.29) is 5.91 Å². The van der Waals surface area contributed by atoms with E-state index in [1.165, 1.54) is 32.1 Å². The predicted molar refractivity (Wildman–Crippen MR) is 91.4 cm³/mol. The van der Waals surface area contributed by atoms with Crippen molar-refractivity contribution in [1.82, 2.24) is 15.1 Å². The third-order valence-corrected chi connectivity index (χ3v) is 5.75. The average molecular weight is 322 g/mol. The Kier molecular flexibility index (Phi) is 5.41. The predicted octanol–water partition coefficient (Wildman–Crippen LogP) is 2.50. The van der Waals surface area contributed by atoms with E-state index in [9.17, 15) is 4.79 Å². The molecule has 1 aromatic rings. The molecule has 0 aromatic carbocycles. The number of thioether (sulfide) groups is 1. The first-order valence-corrected chi connectivity index (χ1v) is 9.53. The van der Waals surface area contributed by atoms with Gasteiger partial charge in [0, 0.05) is 49.5 Å². The van der Waals surface area contributed by atoms with Crippen molar-refractivity contribution < 1.29 is 4.79 Å². The maximum atomic E-state index is 12.2. The number of hydrogen-bond acceptors (Lipinski definition) is 4. The fraction of sp³-hybridized carbons (Fsp3) is 0.750. The molecule has 6 heteroatoms. The number of carbonyl (C=O) groups is 1. The van der Waals surface area contributed by atoms with Crippen molar-refractivity contribution in [1.29, 1.82) is 0 Å². The van der Waals surface area contributed by atoms with Gasteiger partial charge in [-0.3, -0.25) is 9.48 Å². The number of carbonyl (C=O) groups excluding carboxylic acids is 1. The molecule has 1 amide bonds. The highest BCUT2D eigenvalue weighted by atomic mass is 32.2. The minimum absolute atomic E-state index is 0.0817. The summed E-state index contributed by atoms with van der Waals surface area (Å²) in [5.41, 5.74) is 1.14. The lowest BCUT2D eigenvalue weighted by atomic mass is 9.87. The Bertz CT molecular complexity index is 504. The molecule has 0 radical (unpaired) electrons. The number of hydrogen-bond donors (Lipinski definition) is 2. The number of aryl methyl sites for hydroxylation is 1. The van der Waals surface area contributed by atoms with Gasteiger partial charge in [-0.2, -0.15) is 16.9 Å². The van der Waals surface area contributed by atoms with Crippen LogP contribution in [0.3, 0.4) is 0 Å². The minimum atomic E-state index is 0.0817. The molecule has 1 unspecified atom stereocenters. The first-order valence-electron chi connectivity index (χ1n) is 8.37. The Morgan fingerprint density at radius 1 is 1.45 bits per heavy atom. The fourth-order valence-corrected chi connectivity index (χ4v) is 4.32. The molecule has 2 aliphatic rings. The maximum Gasteiger partial charge on any atom is 0.227 e. The SMILES string of the molecule is Cn1nc(C2CCCCC2)cc1NC(=O)CC1CSCCN1. The van der Waals surface area contributed by atoms with E-state index in [0.717, 1.165) is 29.6 Å². The smallest absolute Gasteiger partial charge is 0.227 e. The van der Waals surface area contributed by atoms with Gasteiger partial charge >= 0.3 is 0 Å². The van der Waals surface area contributed by atoms with Gasteiger partial charge in [-0.05, 0) is 12.8 Å². The number of amides is 1. The number of nitrogens with one attached hydrogen (secondary N) is 2. The Labute approximate surface area is 136 Å². The van der Waals surface area contributed by atoms with Gasteiger partial charge < -0.3 is 10.6 Å². The van der Waals surface area contributed by atoms with Crippen molar-refractivity contribution in [3.05, 3.63) is 11.8 Å². The Hall–Kier alpha value is -1.01. The van der Waals surface area contributed by atoms with Gasteiger partial charge in [-0.1, -0.05) is 19.3 Å². The summed E-state index contributed by atoms with van der Waals surface area (Å²) in [6, 6.07) is 2.36. The van der Waals surface area contributed by atoms with E-state index in [1.54, 1.807) is 0 Å². The highest BCUT2D eigenvalue weighted by Gasteiger charge is 2.21. The van der Waals surface area contributed by atoms with E-state index < -0.39 is 0 Å². The molecule has 122 valence electrons. The molecule has 1 aromatic heterocycles. The van der Waals surface area contributed by atoms with Crippen LogP contribution < -0.4 is 10.6 Å². The molecular weight excluding hydrogens is 296 g/mol. The summed E-state index contributed by atoms with van der Waals surface area (Å²) >= 11 is 1.92. The monoisotopic (exact) mass is 322 g/mol. The second-order valence-corrected chi connectivity index (χ2v) is 7.54. The molecule has 1 saturated heterocycles. The largest absolute Gasteiger partial charge is 0.312 e. The van der Waals surface area contributed by atoms with Crippen molar-refractivity contribution in [2.75, 3.05) is 23.4 Å². The van der Waals surface area contributed by atoms with E-state index in [0.29, 0.717) is 18.4 Å². The average Bonchev–Trinajstić information content (AvgIpc) is 2.90. The van der Waals surface area contributed by atoms with E-state index in [4.69, 9.17) is 0 Å². The topological polar surface area (TPSA) is 59.0 Å². The van der Waals surface area contributed by atoms with Crippen LogP contribution in [0.15, 0.2) is 6.07 Å². The summed E-state index contributed by atoms with van der Waals surface area (Å²) in [4.78, 5) is 12.2. The zero-order valence-electron chi connectivity index (χ0n) is 13.3. The second kappa shape index (κ2) is 7.51. The Morgan fingerprint density at radius 3 is 3.00 bits per heavy atom. The van der Waals surface area contributed by atoms with Crippen LogP contribution in [0.5, 0.6) is 0 Å². The zero-order chi connectivity index (χ0) is 15.4. The van der Waals surface area contributed by atoms with Crippen LogP contribution >= 0.6 is 11.8 Å². The molecule has 22 heavy (non-hydrogen) atoms. The molecule has 1 aliphatic heterocycles. The standard InChI is InChI=1S/C16H26N4OS/c1-20-15(10-14(19-20)12-5-3-2-4-6-12)18-16(21)9-13-11-22-8-7-17-13/h10,12-13,17H,2-9,11H2,1H3,(H,18,21). The normalized spacial score (nSPS) is 23.4. The molecule has 1 atom stereocenters. The van der Waals surface area contributed by atoms with Gasteiger partial charge in [0.05, 0.1) is 5.69 Å². The first-order chi connectivity index (χ1) is 10.7. The number of nitrogens with zero attached hydrogens (tertiary/aromatic N) is 2. The van der Waals surface area contributed by atoms with Crippen LogP contribution in [-0.4, -0.2) is 39.8 Å². The van der Waals surface area contributed by atoms with Crippen molar-refractivity contribution in [3.63, 3.8) is 0 Å². The lowest BCUT2D eigenvalue weighted by Gasteiger charge is -2.22. The summed E-state index contributed by atoms with van der Waals surface area (Å²) in [6.07, 6.45) is 6.94. The Morgan fingerprint density at radius 2 is 2.27 bits per heavy atom. The van der Waals surface area contributed by atoms with Gasteiger partial charge in [-0.25, -0.2) is 0 Å². The van der Waals surface area contributed by atoms with Gasteiger partial charge in [0.1, 0.15) is 5.82 Å². The molecule has 3 rings (SSSR count). The summed E-state index contributed by atoms with van der Waals surface area (Å²) < 4.78 is 1.81. The van der Waals surface area contributed by atoms with Crippen LogP contribution in [-0.2, 0) is 11.8 Å². The van der Waals surface area contributed by atoms with Gasteiger partial charge in [-0.15, -0.1) is 0 Å². The molecule has 2 N–H and O–H groups in total. The van der Waals surface area contributed by atoms with E-state index >= 15 is 0 Å². The summed E-state index contributed by atoms with van der Waals surface area (Å²) in [5.74, 6) is 3.64. The number of anilines is 1. The summed E-state index contributed by atoms with van der Waals surface area (Å²) in [6.45, 7) is 1.00. The molecule has 1 aliphatic carbocycles. The Balaban J connectivity index is 1.57. The molecule has 2 heterocycles. The highest BCUT2D eigenvalue weighted by molar-refractivity contribution is 7.99. The quantitative estimate of drug-likeness (QED) is 0.894. The van der Waals surface area contributed by atoms with Gasteiger partial charge in [0.2, 0.25) is 5.91 Å². The van der Waals surface area contributed by atoms with Crippen molar-refractivity contribution >= 4 is 23.5 Å². The third kappa shape index (κ3) is 4.04. The first kappa shape index (κ1) is 15.9. The number of rotatable bonds is 4. The van der Waals surface area contributed by atoms with Crippen molar-refractivity contribution in [3.8, 4) is 0 Å². The van der Waals surface area contributed by atoms with Crippen molar-refractivity contribution in [2.24, 2.45) is 7.05 Å². The van der Waals surface area contributed by atoms with Crippen LogP contribution in [0.4, 0.5) is 5.82 Å². The summed E-state index contributed by atoms with van der Waals surface area (Å²) in [5, 5.41) is 11.0. The lowest BCUT2D eigenvalue weighted by molar-refractivity contribution is -0.116. The molecular formula is C16H26N4OS. The molecule has 0 bridgehead atoms. The van der Waals surface area contributed by atoms with Gasteiger partial charge in [0.25, 0.3) is 0 Å². The lowest BCUT2D eigenvalue weighted by Crippen LogP contribution is -2.40. The number of aromatic nitrogens is 2. The fourth-order valence-electron chi connectivity index (χ4n) is 3.37. The molecule has 0 spiro atoms. The van der Waals surface area contributed by atoms with Crippen LogP contribution in [0.2, 0.25) is 0 Å². The van der Waals surface area contributed by atoms with E-state index in [2.05, 4.69) is 21.8 Å². The zero-order valence-corrected chi connectivity index (χ0v) is 14.1. The van der Waals surface area contributed by atoms with Crippen molar-refractivity contribution in [2.45, 2.75) is 50.5 Å².